The molecule has 4 heteroatoms. The summed E-state index contributed by atoms with van der Waals surface area (Å²) in [4.78, 5) is 0. The molecule has 0 unspecified atom stereocenters. The Morgan fingerprint density at radius 2 is 2.10 bits per heavy atom. The number of nitriles is 1. The molecule has 0 spiro atoms. The summed E-state index contributed by atoms with van der Waals surface area (Å²) in [5.41, 5.74) is 1.55. The van der Waals surface area contributed by atoms with Crippen LogP contribution in [0, 0.1) is 17.1 Å². The van der Waals surface area contributed by atoms with Crippen molar-refractivity contribution < 1.29 is 9.13 Å². The zero-order valence-corrected chi connectivity index (χ0v) is 11.3. The fraction of sp³-hybridized carbons (Fsp3) is 0.0625. The zero-order chi connectivity index (χ0) is 14.4. The van der Waals surface area contributed by atoms with Crippen molar-refractivity contribution in [2.24, 2.45) is 0 Å². The van der Waals surface area contributed by atoms with Crippen LogP contribution in [0.4, 0.5) is 4.39 Å². The summed E-state index contributed by atoms with van der Waals surface area (Å²) >= 11 is 6.09. The number of rotatable bonds is 4. The van der Waals surface area contributed by atoms with Crippen molar-refractivity contribution in [1.29, 1.82) is 5.26 Å². The van der Waals surface area contributed by atoms with Gasteiger partial charge in [0, 0.05) is 6.08 Å². The molecule has 0 saturated heterocycles. The van der Waals surface area contributed by atoms with Gasteiger partial charge in [-0.25, -0.2) is 4.39 Å². The van der Waals surface area contributed by atoms with E-state index in [2.05, 4.69) is 0 Å². The lowest BCUT2D eigenvalue weighted by molar-refractivity contribution is 0.306. The Morgan fingerprint density at radius 1 is 1.25 bits per heavy atom. The molecule has 0 saturated carbocycles. The highest BCUT2D eigenvalue weighted by Gasteiger charge is 2.03. The van der Waals surface area contributed by atoms with Crippen LogP contribution in [0.1, 0.15) is 11.1 Å². The van der Waals surface area contributed by atoms with Gasteiger partial charge in [0.25, 0.3) is 0 Å². The molecule has 2 rings (SSSR count). The van der Waals surface area contributed by atoms with Crippen LogP contribution in [-0.2, 0) is 6.61 Å². The number of benzene rings is 2. The Hall–Kier alpha value is -2.31. The van der Waals surface area contributed by atoms with E-state index < -0.39 is 0 Å². The van der Waals surface area contributed by atoms with Crippen molar-refractivity contribution >= 4 is 17.7 Å². The average Bonchev–Trinajstić information content (AvgIpc) is 2.44. The van der Waals surface area contributed by atoms with Crippen LogP contribution in [0.3, 0.4) is 0 Å². The van der Waals surface area contributed by atoms with Crippen LogP contribution in [0.15, 0.2) is 48.5 Å². The normalized spacial score (nSPS) is 10.4. The van der Waals surface area contributed by atoms with Crippen molar-refractivity contribution in [2.75, 3.05) is 0 Å². The lowest BCUT2D eigenvalue weighted by atomic mass is 10.2. The molecule has 2 nitrogen and oxygen atoms in total. The summed E-state index contributed by atoms with van der Waals surface area (Å²) in [5, 5.41) is 8.90. The molecule has 100 valence electrons. The first-order valence-electron chi connectivity index (χ1n) is 5.92. The quantitative estimate of drug-likeness (QED) is 0.770. The Bertz CT molecular complexity index is 676. The van der Waals surface area contributed by atoms with Crippen LogP contribution < -0.4 is 4.74 Å². The van der Waals surface area contributed by atoms with E-state index in [-0.39, 0.29) is 12.4 Å². The predicted octanol–water partition coefficient (Wildman–Crippen LogP) is 4.59. The van der Waals surface area contributed by atoms with Gasteiger partial charge in [-0.2, -0.15) is 5.26 Å². The first-order chi connectivity index (χ1) is 9.69. The molecule has 0 aromatic heterocycles. The number of ether oxygens (including phenoxy) is 1. The summed E-state index contributed by atoms with van der Waals surface area (Å²) in [6, 6.07) is 13.3. The highest BCUT2D eigenvalue weighted by Crippen LogP contribution is 2.26. The monoisotopic (exact) mass is 287 g/mol. The van der Waals surface area contributed by atoms with E-state index in [1.165, 1.54) is 18.2 Å². The minimum Gasteiger partial charge on any atom is -0.487 e. The van der Waals surface area contributed by atoms with E-state index in [1.807, 2.05) is 6.07 Å². The lowest BCUT2D eigenvalue weighted by Gasteiger charge is -2.08. The van der Waals surface area contributed by atoms with E-state index >= 15 is 0 Å². The second kappa shape index (κ2) is 6.74. The van der Waals surface area contributed by atoms with Gasteiger partial charge in [-0.3, -0.25) is 0 Å². The standard InChI is InChI=1S/C16H11ClFNO/c17-15-10-12(4-2-8-19)6-7-16(15)20-11-13-3-1-5-14(18)9-13/h1-7,9-10H,11H2. The van der Waals surface area contributed by atoms with Gasteiger partial charge in [0.05, 0.1) is 11.1 Å². The highest BCUT2D eigenvalue weighted by atomic mass is 35.5. The van der Waals surface area contributed by atoms with Gasteiger partial charge in [0.15, 0.2) is 0 Å². The number of hydrogen-bond acceptors (Lipinski definition) is 2. The maximum Gasteiger partial charge on any atom is 0.138 e. The molecule has 0 N–H and O–H groups in total. The Labute approximate surface area is 121 Å². The van der Waals surface area contributed by atoms with E-state index in [9.17, 15) is 4.39 Å². The number of allylic oxidation sites excluding steroid dienone is 1. The van der Waals surface area contributed by atoms with Crippen molar-refractivity contribution in [3.05, 3.63) is 70.5 Å². The SMILES string of the molecule is N#CC=Cc1ccc(OCc2cccc(F)c2)c(Cl)c1. The summed E-state index contributed by atoms with van der Waals surface area (Å²) in [7, 11) is 0. The smallest absolute Gasteiger partial charge is 0.138 e. The first-order valence-corrected chi connectivity index (χ1v) is 6.30. The first kappa shape index (κ1) is 14.1. The fourth-order valence-electron chi connectivity index (χ4n) is 1.66. The largest absolute Gasteiger partial charge is 0.487 e. The van der Waals surface area contributed by atoms with E-state index in [1.54, 1.807) is 36.4 Å². The topological polar surface area (TPSA) is 33.0 Å². The molecule has 2 aromatic rings. The van der Waals surface area contributed by atoms with Gasteiger partial charge >= 0.3 is 0 Å². The van der Waals surface area contributed by atoms with Gasteiger partial charge in [0.1, 0.15) is 18.2 Å². The molecule has 0 aliphatic rings. The van der Waals surface area contributed by atoms with Gasteiger partial charge in [-0.1, -0.05) is 29.8 Å². The third-order valence-corrected chi connectivity index (χ3v) is 2.88. The molecule has 0 fully saturated rings. The highest BCUT2D eigenvalue weighted by molar-refractivity contribution is 6.32. The summed E-state index contributed by atoms with van der Waals surface area (Å²) in [6.07, 6.45) is 3.03. The number of hydrogen-bond donors (Lipinski definition) is 0. The molecule has 0 aliphatic heterocycles. The fourth-order valence-corrected chi connectivity index (χ4v) is 1.90. The second-order valence-corrected chi connectivity index (χ2v) is 4.48. The Balaban J connectivity index is 2.07. The summed E-state index contributed by atoms with van der Waals surface area (Å²) in [6.45, 7) is 0.241. The minimum atomic E-state index is -0.297. The third-order valence-electron chi connectivity index (χ3n) is 2.59. The minimum absolute atomic E-state index is 0.241. The Kier molecular flexibility index (Phi) is 4.75. The molecular formula is C16H11ClFNO. The second-order valence-electron chi connectivity index (χ2n) is 4.07. The van der Waals surface area contributed by atoms with Crippen LogP contribution in [-0.4, -0.2) is 0 Å². The zero-order valence-electron chi connectivity index (χ0n) is 10.5. The van der Waals surface area contributed by atoms with Crippen LogP contribution in [0.2, 0.25) is 5.02 Å². The van der Waals surface area contributed by atoms with Gasteiger partial charge in [-0.05, 0) is 41.5 Å². The third kappa shape index (κ3) is 3.84. The molecule has 0 bridgehead atoms. The molecule has 0 aliphatic carbocycles. The average molecular weight is 288 g/mol. The van der Waals surface area contributed by atoms with E-state index in [0.29, 0.717) is 10.8 Å². The van der Waals surface area contributed by atoms with Gasteiger partial charge in [-0.15, -0.1) is 0 Å². The molecule has 20 heavy (non-hydrogen) atoms. The summed E-state index contributed by atoms with van der Waals surface area (Å²) < 4.78 is 18.6. The molecule has 0 atom stereocenters. The van der Waals surface area contributed by atoms with Crippen molar-refractivity contribution in [2.45, 2.75) is 6.61 Å². The van der Waals surface area contributed by atoms with Crippen LogP contribution >= 0.6 is 11.6 Å². The van der Waals surface area contributed by atoms with E-state index in [0.717, 1.165) is 11.1 Å². The molecule has 0 heterocycles. The van der Waals surface area contributed by atoms with Gasteiger partial charge < -0.3 is 4.74 Å². The maximum atomic E-state index is 13.0. The van der Waals surface area contributed by atoms with Crippen molar-refractivity contribution in [1.82, 2.24) is 0 Å². The van der Waals surface area contributed by atoms with E-state index in [4.69, 9.17) is 21.6 Å². The summed E-state index contributed by atoms with van der Waals surface area (Å²) in [5.74, 6) is 0.222. The molecule has 0 amide bonds. The van der Waals surface area contributed by atoms with Crippen LogP contribution in [0.5, 0.6) is 5.75 Å². The molecular weight excluding hydrogens is 277 g/mol. The lowest BCUT2D eigenvalue weighted by Crippen LogP contribution is -1.96. The predicted molar refractivity (Wildman–Crippen MR) is 76.8 cm³/mol. The van der Waals surface area contributed by atoms with Gasteiger partial charge in [0.2, 0.25) is 0 Å². The maximum absolute atomic E-state index is 13.0. The molecule has 0 radical (unpaired) electrons. The van der Waals surface area contributed by atoms with Crippen molar-refractivity contribution in [3.63, 3.8) is 0 Å². The van der Waals surface area contributed by atoms with Crippen LogP contribution in [0.25, 0.3) is 6.08 Å². The number of nitrogens with zero attached hydrogens (tertiary/aromatic N) is 1. The molecule has 2 aromatic carbocycles. The van der Waals surface area contributed by atoms with Crippen molar-refractivity contribution in [3.8, 4) is 11.8 Å². The Morgan fingerprint density at radius 3 is 2.80 bits per heavy atom. The number of halogens is 2.